The van der Waals surface area contributed by atoms with Crippen LogP contribution in [0.15, 0.2) is 35.3 Å². The van der Waals surface area contributed by atoms with Crippen LogP contribution in [-0.2, 0) is 21.2 Å². The molecule has 0 bridgehead atoms. The number of amidine groups is 1. The lowest BCUT2D eigenvalue weighted by Crippen LogP contribution is -2.50. The number of alkyl halides is 3. The van der Waals surface area contributed by atoms with Gasteiger partial charge in [0.1, 0.15) is 17.1 Å². The molecule has 1 saturated heterocycles. The summed E-state index contributed by atoms with van der Waals surface area (Å²) in [5.41, 5.74) is 1.44. The average Bonchev–Trinajstić information content (AvgIpc) is 3.19. The average molecular weight is 602 g/mol. The van der Waals surface area contributed by atoms with Crippen LogP contribution in [0, 0.1) is 19.7 Å². The second-order valence-corrected chi connectivity index (χ2v) is 12.2. The van der Waals surface area contributed by atoms with Crippen LogP contribution in [0.3, 0.4) is 0 Å². The Balaban J connectivity index is 1.41. The number of carbonyl (C=O) groups excluding carboxylic acids is 1. The maximum absolute atomic E-state index is 13.8. The Morgan fingerprint density at radius 2 is 1.78 bits per heavy atom. The van der Waals surface area contributed by atoms with Gasteiger partial charge in [-0.05, 0) is 80.1 Å². The van der Waals surface area contributed by atoms with E-state index < -0.39 is 39.4 Å². The predicted octanol–water partition coefficient (Wildman–Crippen LogP) is 3.39. The highest BCUT2D eigenvalue weighted by atomic mass is 32.2. The maximum Gasteiger partial charge on any atom is 0.573 e. The van der Waals surface area contributed by atoms with Crippen molar-refractivity contribution in [2.24, 2.45) is 4.99 Å². The fraction of sp³-hybridized carbons (Fsp3) is 0.481. The predicted molar refractivity (Wildman–Crippen MR) is 142 cm³/mol. The molecule has 0 radical (unpaired) electrons. The number of carbonyl (C=O) groups is 1. The molecule has 4 rings (SSSR count). The molecule has 2 aromatic rings. The van der Waals surface area contributed by atoms with E-state index in [0.29, 0.717) is 18.8 Å². The highest BCUT2D eigenvalue weighted by molar-refractivity contribution is 7.89. The molecule has 0 aromatic heterocycles. The first-order valence-electron chi connectivity index (χ1n) is 13.0. The van der Waals surface area contributed by atoms with Gasteiger partial charge in [-0.25, -0.2) is 17.1 Å². The van der Waals surface area contributed by atoms with Gasteiger partial charge in [-0.2, -0.15) is 0 Å². The van der Waals surface area contributed by atoms with E-state index in [1.54, 1.807) is 0 Å². The van der Waals surface area contributed by atoms with Crippen LogP contribution in [0.1, 0.15) is 41.5 Å². The quantitative estimate of drug-likeness (QED) is 0.319. The molecule has 14 heteroatoms. The number of aliphatic hydroxyl groups is 1. The molecule has 0 atom stereocenters. The summed E-state index contributed by atoms with van der Waals surface area (Å²) in [6, 6.07) is 6.44. The van der Waals surface area contributed by atoms with Crippen molar-refractivity contribution >= 4 is 21.8 Å². The van der Waals surface area contributed by atoms with Crippen LogP contribution >= 0.6 is 0 Å². The number of benzene rings is 2. The monoisotopic (exact) mass is 601 g/mol. The van der Waals surface area contributed by atoms with Gasteiger partial charge in [-0.15, -0.1) is 13.2 Å². The number of aliphatic imine (C=N–C) groups is 1. The van der Waals surface area contributed by atoms with Gasteiger partial charge in [-0.1, -0.05) is 0 Å². The number of sulfonamides is 1. The standard InChI is InChI=1S/C27H31F4N3O6S/c1-17-14-20(39-12-3-11-35)15-18(2)21(17)6-13-41(37,38)34-9-7-26(8-10-34)25(36)32-24(33-26)19-4-5-22(28)23(16-19)40-27(29,30)31/h4-5,14-16,35H,3,6-13H2,1-2H3,(H,32,33,36). The second-order valence-electron chi connectivity index (χ2n) is 10.1. The molecule has 224 valence electrons. The molecule has 1 fully saturated rings. The highest BCUT2D eigenvalue weighted by Gasteiger charge is 2.47. The molecule has 0 saturated carbocycles. The molecule has 2 N–H and O–H groups in total. The number of nitrogens with one attached hydrogen (secondary N) is 1. The zero-order valence-electron chi connectivity index (χ0n) is 22.6. The van der Waals surface area contributed by atoms with E-state index in [1.807, 2.05) is 26.0 Å². The van der Waals surface area contributed by atoms with Crippen LogP contribution < -0.4 is 14.8 Å². The number of ether oxygens (including phenoxy) is 2. The van der Waals surface area contributed by atoms with Crippen LogP contribution in [0.2, 0.25) is 0 Å². The van der Waals surface area contributed by atoms with Crippen molar-refractivity contribution in [3.8, 4) is 11.5 Å². The number of hydrogen-bond donors (Lipinski definition) is 2. The molecule has 9 nitrogen and oxygen atoms in total. The molecule has 1 spiro atoms. The first-order chi connectivity index (χ1) is 19.2. The highest BCUT2D eigenvalue weighted by Crippen LogP contribution is 2.34. The molecule has 0 unspecified atom stereocenters. The van der Waals surface area contributed by atoms with E-state index in [0.717, 1.165) is 28.8 Å². The maximum atomic E-state index is 13.8. The molecular formula is C27H31F4N3O6S. The third-order valence-corrected chi connectivity index (χ3v) is 9.08. The van der Waals surface area contributed by atoms with Gasteiger partial charge in [0.15, 0.2) is 11.6 Å². The van der Waals surface area contributed by atoms with Crippen molar-refractivity contribution in [3.05, 3.63) is 58.4 Å². The Morgan fingerprint density at radius 3 is 2.39 bits per heavy atom. The summed E-state index contributed by atoms with van der Waals surface area (Å²) in [5, 5.41) is 11.5. The molecular weight excluding hydrogens is 570 g/mol. The summed E-state index contributed by atoms with van der Waals surface area (Å²) in [5.74, 6) is -2.29. The molecule has 2 aliphatic rings. The van der Waals surface area contributed by atoms with E-state index >= 15 is 0 Å². The zero-order chi connectivity index (χ0) is 30.0. The molecule has 1 amide bonds. The topological polar surface area (TPSA) is 118 Å². The minimum Gasteiger partial charge on any atom is -0.493 e. The fourth-order valence-electron chi connectivity index (χ4n) is 5.03. The lowest BCUT2D eigenvalue weighted by Gasteiger charge is -2.34. The first kappa shape index (κ1) is 30.7. The minimum atomic E-state index is -5.10. The SMILES string of the molecule is Cc1cc(OCCCO)cc(C)c1CCS(=O)(=O)N1CCC2(CC1)N=C(c1ccc(F)c(OC(F)(F)F)c1)NC2=O. The number of nitrogens with zero attached hydrogens (tertiary/aromatic N) is 2. The van der Waals surface area contributed by atoms with Crippen molar-refractivity contribution < 1.29 is 45.4 Å². The summed E-state index contributed by atoms with van der Waals surface area (Å²) in [6.45, 7) is 4.24. The lowest BCUT2D eigenvalue weighted by atomic mass is 9.89. The number of piperidine rings is 1. The Morgan fingerprint density at radius 1 is 1.12 bits per heavy atom. The van der Waals surface area contributed by atoms with Gasteiger partial charge in [-0.3, -0.25) is 9.79 Å². The van der Waals surface area contributed by atoms with Crippen LogP contribution in [0.5, 0.6) is 11.5 Å². The molecule has 2 aliphatic heterocycles. The molecule has 2 heterocycles. The summed E-state index contributed by atoms with van der Waals surface area (Å²) >= 11 is 0. The summed E-state index contributed by atoms with van der Waals surface area (Å²) in [4.78, 5) is 17.3. The Kier molecular flexibility index (Phi) is 8.95. The Hall–Kier alpha value is -3.23. The van der Waals surface area contributed by atoms with Crippen LogP contribution in [0.4, 0.5) is 17.6 Å². The van der Waals surface area contributed by atoms with E-state index in [2.05, 4.69) is 15.0 Å². The van der Waals surface area contributed by atoms with Crippen LogP contribution in [-0.4, -0.2) is 73.5 Å². The lowest BCUT2D eigenvalue weighted by molar-refractivity contribution is -0.275. The number of rotatable bonds is 10. The third-order valence-electron chi connectivity index (χ3n) is 7.20. The molecule has 2 aromatic carbocycles. The van der Waals surface area contributed by atoms with E-state index in [1.165, 1.54) is 10.4 Å². The zero-order valence-corrected chi connectivity index (χ0v) is 23.4. The first-order valence-corrected chi connectivity index (χ1v) is 14.6. The molecule has 41 heavy (non-hydrogen) atoms. The third kappa shape index (κ3) is 7.16. The van der Waals surface area contributed by atoms with Gasteiger partial charge in [0.2, 0.25) is 10.0 Å². The number of hydrogen-bond acceptors (Lipinski definition) is 7. The van der Waals surface area contributed by atoms with Crippen molar-refractivity contribution in [3.63, 3.8) is 0 Å². The summed E-state index contributed by atoms with van der Waals surface area (Å²) in [7, 11) is -3.67. The smallest absolute Gasteiger partial charge is 0.493 e. The largest absolute Gasteiger partial charge is 0.573 e. The van der Waals surface area contributed by atoms with E-state index in [4.69, 9.17) is 9.84 Å². The van der Waals surface area contributed by atoms with Gasteiger partial charge in [0.25, 0.3) is 5.91 Å². The van der Waals surface area contributed by atoms with Crippen molar-refractivity contribution in [1.82, 2.24) is 9.62 Å². The number of halogens is 4. The fourth-order valence-corrected chi connectivity index (χ4v) is 6.49. The van der Waals surface area contributed by atoms with Crippen molar-refractivity contribution in [2.75, 3.05) is 32.1 Å². The normalized spacial score (nSPS) is 17.4. The second kappa shape index (κ2) is 11.9. The van der Waals surface area contributed by atoms with Gasteiger partial charge in [0, 0.05) is 31.7 Å². The van der Waals surface area contributed by atoms with Gasteiger partial charge >= 0.3 is 6.36 Å². The number of amides is 1. The summed E-state index contributed by atoms with van der Waals surface area (Å²) in [6.07, 6.45) is -4.16. The summed E-state index contributed by atoms with van der Waals surface area (Å²) < 4.78 is 88.7. The molecule has 0 aliphatic carbocycles. The van der Waals surface area contributed by atoms with Crippen molar-refractivity contribution in [2.45, 2.75) is 51.4 Å². The number of aryl methyl sites for hydroxylation is 2. The number of aliphatic hydroxyl groups excluding tert-OH is 1. The van der Waals surface area contributed by atoms with Gasteiger partial charge < -0.3 is 19.9 Å². The van der Waals surface area contributed by atoms with E-state index in [-0.39, 0.29) is 56.1 Å². The Bertz CT molecular complexity index is 1410. The Labute approximate surface area is 235 Å². The van der Waals surface area contributed by atoms with Crippen molar-refractivity contribution in [1.29, 1.82) is 0 Å². The van der Waals surface area contributed by atoms with Gasteiger partial charge in [0.05, 0.1) is 12.4 Å². The van der Waals surface area contributed by atoms with E-state index in [9.17, 15) is 30.8 Å². The van der Waals surface area contributed by atoms with Crippen LogP contribution in [0.25, 0.3) is 0 Å². The minimum absolute atomic E-state index is 0.0274.